The van der Waals surface area contributed by atoms with Gasteiger partial charge in [-0.25, -0.2) is 0 Å². The zero-order chi connectivity index (χ0) is 19.9. The highest BCUT2D eigenvalue weighted by atomic mass is 16.1. The Morgan fingerprint density at radius 2 is 1.79 bits per heavy atom. The summed E-state index contributed by atoms with van der Waals surface area (Å²) in [6.45, 7) is 5.23. The summed E-state index contributed by atoms with van der Waals surface area (Å²) in [4.78, 5) is 12.2. The van der Waals surface area contributed by atoms with Gasteiger partial charge in [-0.15, -0.1) is 0 Å². The third-order valence-corrected chi connectivity index (χ3v) is 4.89. The summed E-state index contributed by atoms with van der Waals surface area (Å²) < 4.78 is 1.99. The summed E-state index contributed by atoms with van der Waals surface area (Å²) >= 11 is 0. The van der Waals surface area contributed by atoms with Crippen LogP contribution in [0.15, 0.2) is 54.6 Å². The third-order valence-electron chi connectivity index (χ3n) is 4.89. The maximum Gasteiger partial charge on any atom is 0.220 e. The van der Waals surface area contributed by atoms with Gasteiger partial charge < -0.3 is 5.32 Å². The minimum absolute atomic E-state index is 0.0129. The van der Waals surface area contributed by atoms with Crippen molar-refractivity contribution in [2.45, 2.75) is 39.8 Å². The van der Waals surface area contributed by atoms with Crippen LogP contribution in [0, 0.1) is 25.2 Å². The Kier molecular flexibility index (Phi) is 6.23. The molecule has 1 amide bonds. The Morgan fingerprint density at radius 3 is 2.46 bits per heavy atom. The first-order valence-electron chi connectivity index (χ1n) is 9.39. The van der Waals surface area contributed by atoms with Gasteiger partial charge in [0.05, 0.1) is 23.9 Å². The lowest BCUT2D eigenvalue weighted by Crippen LogP contribution is -2.23. The molecule has 0 spiro atoms. The largest absolute Gasteiger partial charge is 0.352 e. The maximum absolute atomic E-state index is 12.2. The van der Waals surface area contributed by atoms with Crippen molar-refractivity contribution in [3.63, 3.8) is 0 Å². The van der Waals surface area contributed by atoms with Crippen LogP contribution in [0.4, 0.5) is 0 Å². The molecule has 0 aliphatic rings. The third kappa shape index (κ3) is 4.86. The number of aryl methyl sites for hydroxylation is 2. The summed E-state index contributed by atoms with van der Waals surface area (Å²) in [7, 11) is 0. The quantitative estimate of drug-likeness (QED) is 0.688. The van der Waals surface area contributed by atoms with Gasteiger partial charge in [-0.05, 0) is 43.5 Å². The number of carbonyl (C=O) groups excluding carboxylic acids is 1. The van der Waals surface area contributed by atoms with E-state index >= 15 is 0 Å². The lowest BCUT2D eigenvalue weighted by Gasteiger charge is -2.08. The molecule has 3 rings (SSSR count). The van der Waals surface area contributed by atoms with E-state index in [-0.39, 0.29) is 5.91 Å². The highest BCUT2D eigenvalue weighted by Crippen LogP contribution is 2.15. The number of rotatable bonds is 7. The number of nitrogens with zero attached hydrogens (tertiary/aromatic N) is 3. The van der Waals surface area contributed by atoms with E-state index in [1.807, 2.05) is 48.9 Å². The molecule has 0 fully saturated rings. The number of hydrogen-bond acceptors (Lipinski definition) is 3. The van der Waals surface area contributed by atoms with Crippen LogP contribution in [0.2, 0.25) is 0 Å². The first-order chi connectivity index (χ1) is 13.6. The zero-order valence-electron chi connectivity index (χ0n) is 16.3. The number of benzene rings is 2. The van der Waals surface area contributed by atoms with Gasteiger partial charge in [0.1, 0.15) is 0 Å². The molecule has 28 heavy (non-hydrogen) atoms. The fourth-order valence-corrected chi connectivity index (χ4v) is 3.18. The van der Waals surface area contributed by atoms with Crippen LogP contribution in [0.25, 0.3) is 0 Å². The topological polar surface area (TPSA) is 70.7 Å². The van der Waals surface area contributed by atoms with E-state index in [4.69, 9.17) is 5.26 Å². The van der Waals surface area contributed by atoms with E-state index in [0.29, 0.717) is 24.9 Å². The lowest BCUT2D eigenvalue weighted by molar-refractivity contribution is -0.121. The van der Waals surface area contributed by atoms with E-state index in [1.165, 1.54) is 5.56 Å². The van der Waals surface area contributed by atoms with Crippen molar-refractivity contribution in [2.24, 2.45) is 0 Å². The lowest BCUT2D eigenvalue weighted by atomic mass is 10.1. The van der Waals surface area contributed by atoms with Crippen LogP contribution in [-0.4, -0.2) is 15.7 Å². The summed E-state index contributed by atoms with van der Waals surface area (Å²) in [5.41, 5.74) is 5.98. The summed E-state index contributed by atoms with van der Waals surface area (Å²) in [5, 5.41) is 16.5. The summed E-state index contributed by atoms with van der Waals surface area (Å²) in [6, 6.07) is 19.7. The van der Waals surface area contributed by atoms with Gasteiger partial charge in [0, 0.05) is 24.2 Å². The van der Waals surface area contributed by atoms with Gasteiger partial charge >= 0.3 is 0 Å². The number of nitrogens with one attached hydrogen (secondary N) is 1. The molecular formula is C23H24N4O. The monoisotopic (exact) mass is 372 g/mol. The van der Waals surface area contributed by atoms with Gasteiger partial charge in [0.25, 0.3) is 0 Å². The van der Waals surface area contributed by atoms with Crippen molar-refractivity contribution in [1.82, 2.24) is 15.1 Å². The van der Waals surface area contributed by atoms with Crippen LogP contribution >= 0.6 is 0 Å². The van der Waals surface area contributed by atoms with E-state index in [1.54, 1.807) is 12.1 Å². The second-order valence-electron chi connectivity index (χ2n) is 6.88. The average molecular weight is 372 g/mol. The Bertz CT molecular complexity index is 982. The molecule has 0 saturated heterocycles. The number of nitriles is 1. The van der Waals surface area contributed by atoms with Crippen LogP contribution < -0.4 is 5.32 Å². The van der Waals surface area contributed by atoms with Gasteiger partial charge in [-0.3, -0.25) is 9.48 Å². The number of aromatic nitrogens is 2. The first-order valence-corrected chi connectivity index (χ1v) is 9.39. The Balaban J connectivity index is 1.55. The summed E-state index contributed by atoms with van der Waals surface area (Å²) in [6.07, 6.45) is 1.07. The summed E-state index contributed by atoms with van der Waals surface area (Å²) in [5.74, 6) is 0.0129. The molecule has 3 aromatic rings. The van der Waals surface area contributed by atoms with Gasteiger partial charge in [0.15, 0.2) is 0 Å². The second kappa shape index (κ2) is 9.01. The van der Waals surface area contributed by atoms with Crippen molar-refractivity contribution >= 4 is 5.91 Å². The van der Waals surface area contributed by atoms with Crippen molar-refractivity contribution in [3.05, 3.63) is 88.2 Å². The molecule has 0 unspecified atom stereocenters. The van der Waals surface area contributed by atoms with Crippen LogP contribution in [0.5, 0.6) is 0 Å². The molecule has 0 aliphatic carbocycles. The standard InChI is InChI=1S/C23H24N4O/c1-17-22(18(2)27(26-17)16-21-6-4-3-5-7-21)15-25-23(28)13-12-19-8-10-20(14-24)11-9-19/h3-11H,12-13,15-16H2,1-2H3,(H,25,28). The van der Waals surface area contributed by atoms with E-state index in [2.05, 4.69) is 28.6 Å². The first kappa shape index (κ1) is 19.4. The smallest absolute Gasteiger partial charge is 0.220 e. The second-order valence-corrected chi connectivity index (χ2v) is 6.88. The molecular weight excluding hydrogens is 348 g/mol. The molecule has 0 atom stereocenters. The van der Waals surface area contributed by atoms with Crippen molar-refractivity contribution in [2.75, 3.05) is 0 Å². The number of carbonyl (C=O) groups is 1. The normalized spacial score (nSPS) is 10.5. The van der Waals surface area contributed by atoms with Gasteiger partial charge in [-0.2, -0.15) is 10.4 Å². The molecule has 1 N–H and O–H groups in total. The number of hydrogen-bond donors (Lipinski definition) is 1. The minimum Gasteiger partial charge on any atom is -0.352 e. The van der Waals surface area contributed by atoms with Crippen LogP contribution in [-0.2, 0) is 24.3 Å². The van der Waals surface area contributed by atoms with E-state index < -0.39 is 0 Å². The number of amides is 1. The molecule has 0 saturated carbocycles. The zero-order valence-corrected chi connectivity index (χ0v) is 16.3. The molecule has 5 nitrogen and oxygen atoms in total. The fraction of sp³-hybridized carbons (Fsp3) is 0.261. The Labute approximate surface area is 165 Å². The molecule has 1 aromatic heterocycles. The van der Waals surface area contributed by atoms with E-state index in [9.17, 15) is 4.79 Å². The van der Waals surface area contributed by atoms with Crippen molar-refractivity contribution < 1.29 is 4.79 Å². The molecule has 0 radical (unpaired) electrons. The van der Waals surface area contributed by atoms with Crippen LogP contribution in [0.1, 0.15) is 40.1 Å². The Hall–Kier alpha value is -3.39. The van der Waals surface area contributed by atoms with E-state index in [0.717, 1.165) is 29.1 Å². The van der Waals surface area contributed by atoms with Gasteiger partial charge in [0.2, 0.25) is 5.91 Å². The van der Waals surface area contributed by atoms with Crippen LogP contribution in [0.3, 0.4) is 0 Å². The SMILES string of the molecule is Cc1nn(Cc2ccccc2)c(C)c1CNC(=O)CCc1ccc(C#N)cc1. The highest BCUT2D eigenvalue weighted by Gasteiger charge is 2.13. The molecule has 1 heterocycles. The van der Waals surface area contributed by atoms with Crippen molar-refractivity contribution in [1.29, 1.82) is 5.26 Å². The molecule has 0 bridgehead atoms. The molecule has 5 heteroatoms. The minimum atomic E-state index is 0.0129. The van der Waals surface area contributed by atoms with Crippen molar-refractivity contribution in [3.8, 4) is 6.07 Å². The Morgan fingerprint density at radius 1 is 1.07 bits per heavy atom. The fourth-order valence-electron chi connectivity index (χ4n) is 3.18. The average Bonchev–Trinajstić information content (AvgIpc) is 2.98. The molecule has 0 aliphatic heterocycles. The predicted octanol–water partition coefficient (Wildman–Crippen LogP) is 3.67. The maximum atomic E-state index is 12.2. The molecule has 2 aromatic carbocycles. The predicted molar refractivity (Wildman–Crippen MR) is 109 cm³/mol. The molecule has 142 valence electrons. The van der Waals surface area contributed by atoms with Gasteiger partial charge in [-0.1, -0.05) is 42.5 Å². The highest BCUT2D eigenvalue weighted by molar-refractivity contribution is 5.76.